The van der Waals surface area contributed by atoms with Crippen molar-refractivity contribution >= 4 is 41.5 Å². The average molecular weight is 500 g/mol. The molecule has 0 amide bonds. The lowest BCUT2D eigenvalue weighted by atomic mass is 9.96. The van der Waals surface area contributed by atoms with Crippen LogP contribution >= 0.6 is 35.6 Å². The maximum absolute atomic E-state index is 6.19. The first-order chi connectivity index (χ1) is 12.6. The molecule has 2 fully saturated rings. The second kappa shape index (κ2) is 8.39. The Morgan fingerprint density at radius 3 is 2.85 bits per heavy atom. The minimum absolute atomic E-state index is 0. The van der Waals surface area contributed by atoms with Crippen molar-refractivity contribution in [2.45, 2.75) is 30.6 Å². The summed E-state index contributed by atoms with van der Waals surface area (Å²) >= 11 is 6.19. The highest BCUT2D eigenvalue weighted by Gasteiger charge is 2.44. The molecule has 4 rings (SSSR count). The van der Waals surface area contributed by atoms with E-state index in [-0.39, 0.29) is 29.4 Å². The van der Waals surface area contributed by atoms with Crippen LogP contribution in [-0.4, -0.2) is 47.3 Å². The minimum atomic E-state index is 0. The number of halogens is 2. The molecular formula is C20H27ClIN5. The number of hydrogen-bond donors (Lipinski definition) is 1. The summed E-state index contributed by atoms with van der Waals surface area (Å²) in [5, 5.41) is 8.75. The Hall–Kier alpha value is -1.28. The first-order valence-corrected chi connectivity index (χ1v) is 9.68. The highest BCUT2D eigenvalue weighted by atomic mass is 127. The molecule has 1 N–H and O–H groups in total. The van der Waals surface area contributed by atoms with Crippen LogP contribution in [0.3, 0.4) is 0 Å². The molecule has 1 unspecified atom stereocenters. The van der Waals surface area contributed by atoms with Gasteiger partial charge < -0.3 is 10.2 Å². The molecule has 27 heavy (non-hydrogen) atoms. The van der Waals surface area contributed by atoms with E-state index < -0.39 is 0 Å². The zero-order valence-corrected chi connectivity index (χ0v) is 18.9. The molecule has 7 heteroatoms. The van der Waals surface area contributed by atoms with Gasteiger partial charge in [-0.05, 0) is 42.5 Å². The molecule has 146 valence electrons. The fraction of sp³-hybridized carbons (Fsp3) is 0.500. The number of benzene rings is 1. The molecule has 1 aromatic carbocycles. The minimum Gasteiger partial charge on any atom is -0.355 e. The van der Waals surface area contributed by atoms with E-state index in [4.69, 9.17) is 11.6 Å². The summed E-state index contributed by atoms with van der Waals surface area (Å²) in [6.07, 6.45) is 7.67. The van der Waals surface area contributed by atoms with Crippen LogP contribution in [0.25, 0.3) is 0 Å². The summed E-state index contributed by atoms with van der Waals surface area (Å²) in [5.74, 6) is 1.54. The number of nitrogens with zero attached hydrogens (tertiary/aromatic N) is 4. The SMILES string of the molecule is CN=C(NCC1(c2cccc(Cl)c2)CC1)N1CCC(c2cnn(C)c2)C1.I. The normalized spacial score (nSPS) is 21.1. The molecule has 2 aromatic rings. The number of hydrogen-bond acceptors (Lipinski definition) is 2. The van der Waals surface area contributed by atoms with E-state index in [0.29, 0.717) is 5.92 Å². The summed E-state index contributed by atoms with van der Waals surface area (Å²) in [4.78, 5) is 6.90. The lowest BCUT2D eigenvalue weighted by Gasteiger charge is -2.24. The maximum atomic E-state index is 6.19. The summed E-state index contributed by atoms with van der Waals surface area (Å²) in [7, 11) is 3.85. The van der Waals surface area contributed by atoms with Gasteiger partial charge >= 0.3 is 0 Å². The van der Waals surface area contributed by atoms with E-state index >= 15 is 0 Å². The number of aliphatic imine (C=N–C) groups is 1. The van der Waals surface area contributed by atoms with Crippen LogP contribution < -0.4 is 5.32 Å². The van der Waals surface area contributed by atoms with Crippen molar-refractivity contribution in [1.29, 1.82) is 0 Å². The molecule has 2 heterocycles. The van der Waals surface area contributed by atoms with Gasteiger partial charge in [-0.15, -0.1) is 24.0 Å². The Balaban J connectivity index is 0.00000210. The maximum Gasteiger partial charge on any atom is 0.193 e. The molecule has 0 bridgehead atoms. The van der Waals surface area contributed by atoms with E-state index in [2.05, 4.69) is 38.6 Å². The number of guanidine groups is 1. The molecule has 1 aromatic heterocycles. The van der Waals surface area contributed by atoms with Crippen molar-refractivity contribution in [2.24, 2.45) is 12.0 Å². The standard InChI is InChI=1S/C20H26ClN5.HI/c1-22-19(26-9-6-15(13-26)16-11-24-25(2)12-16)23-14-20(7-8-20)17-4-3-5-18(21)10-17;/h3-5,10-12,15H,6-9,13-14H2,1-2H3,(H,22,23);1H. The molecule has 1 atom stereocenters. The summed E-state index contributed by atoms with van der Waals surface area (Å²) in [6.45, 7) is 2.94. The Bertz CT molecular complexity index is 814. The lowest BCUT2D eigenvalue weighted by molar-refractivity contribution is 0.478. The molecule has 0 spiro atoms. The van der Waals surface area contributed by atoms with Gasteiger partial charge in [0.05, 0.1) is 6.20 Å². The van der Waals surface area contributed by atoms with Gasteiger partial charge in [0.25, 0.3) is 0 Å². The first kappa shape index (κ1) is 20.5. The van der Waals surface area contributed by atoms with E-state index in [0.717, 1.165) is 37.0 Å². The number of aromatic nitrogens is 2. The van der Waals surface area contributed by atoms with Crippen molar-refractivity contribution < 1.29 is 0 Å². The van der Waals surface area contributed by atoms with Crippen LogP contribution in [0.15, 0.2) is 41.7 Å². The van der Waals surface area contributed by atoms with Crippen LogP contribution in [-0.2, 0) is 12.5 Å². The largest absolute Gasteiger partial charge is 0.355 e. The third kappa shape index (κ3) is 4.42. The van der Waals surface area contributed by atoms with Crippen molar-refractivity contribution in [1.82, 2.24) is 20.0 Å². The van der Waals surface area contributed by atoms with Crippen LogP contribution in [0.1, 0.15) is 36.3 Å². The third-order valence-corrected chi connectivity index (χ3v) is 6.01. The van der Waals surface area contributed by atoms with Crippen molar-refractivity contribution in [3.63, 3.8) is 0 Å². The quantitative estimate of drug-likeness (QED) is 0.396. The Morgan fingerprint density at radius 2 is 2.22 bits per heavy atom. The zero-order chi connectivity index (χ0) is 18.1. The van der Waals surface area contributed by atoms with Gasteiger partial charge in [0, 0.05) is 56.3 Å². The summed E-state index contributed by atoms with van der Waals surface area (Å²) in [6, 6.07) is 8.28. The predicted molar refractivity (Wildman–Crippen MR) is 121 cm³/mol. The molecule has 1 saturated carbocycles. The molecule has 1 saturated heterocycles. The van der Waals surface area contributed by atoms with Crippen LogP contribution in [0.2, 0.25) is 5.02 Å². The van der Waals surface area contributed by atoms with Gasteiger partial charge in [-0.2, -0.15) is 5.10 Å². The van der Waals surface area contributed by atoms with E-state index in [1.54, 1.807) is 0 Å². The van der Waals surface area contributed by atoms with Crippen LogP contribution in [0.4, 0.5) is 0 Å². The number of likely N-dealkylation sites (tertiary alicyclic amines) is 1. The second-order valence-electron chi connectivity index (χ2n) is 7.57. The lowest BCUT2D eigenvalue weighted by Crippen LogP contribution is -2.43. The van der Waals surface area contributed by atoms with Gasteiger partial charge in [0.1, 0.15) is 0 Å². The van der Waals surface area contributed by atoms with Gasteiger partial charge in [-0.1, -0.05) is 23.7 Å². The van der Waals surface area contributed by atoms with Gasteiger partial charge in [-0.3, -0.25) is 9.67 Å². The molecule has 5 nitrogen and oxygen atoms in total. The summed E-state index contributed by atoms with van der Waals surface area (Å²) < 4.78 is 1.88. The van der Waals surface area contributed by atoms with Crippen LogP contribution in [0, 0.1) is 0 Å². The fourth-order valence-electron chi connectivity index (χ4n) is 3.99. The average Bonchev–Trinajstić information content (AvgIpc) is 3.05. The number of aryl methyl sites for hydroxylation is 1. The van der Waals surface area contributed by atoms with E-state index in [1.807, 2.05) is 37.1 Å². The monoisotopic (exact) mass is 499 g/mol. The van der Waals surface area contributed by atoms with Crippen LogP contribution in [0.5, 0.6) is 0 Å². The van der Waals surface area contributed by atoms with Gasteiger partial charge in [0.15, 0.2) is 5.96 Å². The highest BCUT2D eigenvalue weighted by molar-refractivity contribution is 14.0. The van der Waals surface area contributed by atoms with Crippen molar-refractivity contribution in [3.8, 4) is 0 Å². The first-order valence-electron chi connectivity index (χ1n) is 9.30. The Labute approximate surface area is 183 Å². The molecular weight excluding hydrogens is 473 g/mol. The van der Waals surface area contributed by atoms with Gasteiger partial charge in [-0.25, -0.2) is 0 Å². The predicted octanol–water partition coefficient (Wildman–Crippen LogP) is 3.79. The molecule has 0 radical (unpaired) electrons. The molecule has 1 aliphatic heterocycles. The summed E-state index contributed by atoms with van der Waals surface area (Å²) in [5.41, 5.74) is 2.87. The number of rotatable bonds is 4. The van der Waals surface area contributed by atoms with Crippen molar-refractivity contribution in [3.05, 3.63) is 52.8 Å². The van der Waals surface area contributed by atoms with Crippen molar-refractivity contribution in [2.75, 3.05) is 26.7 Å². The topological polar surface area (TPSA) is 45.5 Å². The third-order valence-electron chi connectivity index (χ3n) is 5.77. The zero-order valence-electron chi connectivity index (χ0n) is 15.9. The molecule has 2 aliphatic rings. The number of nitrogens with one attached hydrogen (secondary N) is 1. The van der Waals surface area contributed by atoms with E-state index in [1.165, 1.54) is 24.0 Å². The second-order valence-corrected chi connectivity index (χ2v) is 8.01. The Morgan fingerprint density at radius 1 is 1.41 bits per heavy atom. The smallest absolute Gasteiger partial charge is 0.193 e. The van der Waals surface area contributed by atoms with Gasteiger partial charge in [0.2, 0.25) is 0 Å². The highest BCUT2D eigenvalue weighted by Crippen LogP contribution is 2.48. The van der Waals surface area contributed by atoms with E-state index in [9.17, 15) is 0 Å². The molecule has 1 aliphatic carbocycles. The Kier molecular flexibility index (Phi) is 6.35. The fourth-order valence-corrected chi connectivity index (χ4v) is 4.18.